The highest BCUT2D eigenvalue weighted by atomic mass is 19.1. The van der Waals surface area contributed by atoms with Crippen molar-refractivity contribution in [3.05, 3.63) is 53.3 Å². The van der Waals surface area contributed by atoms with E-state index in [0.29, 0.717) is 12.2 Å². The third kappa shape index (κ3) is 3.76. The normalized spacial score (nSPS) is 16.3. The van der Waals surface area contributed by atoms with Gasteiger partial charge in [0, 0.05) is 45.2 Å². The molecule has 1 aliphatic rings. The number of alkyl halides is 1. The summed E-state index contributed by atoms with van der Waals surface area (Å²) in [6.07, 6.45) is -0.0175. The molecule has 0 spiro atoms. The molecule has 0 saturated carbocycles. The molecule has 1 aromatic carbocycles. The number of aryl methyl sites for hydroxylation is 2. The quantitative estimate of drug-likeness (QED) is 0.909. The van der Waals surface area contributed by atoms with E-state index in [0.717, 1.165) is 11.3 Å². The molecule has 0 aliphatic carbocycles. The van der Waals surface area contributed by atoms with Crippen LogP contribution in [0.2, 0.25) is 0 Å². The van der Waals surface area contributed by atoms with Gasteiger partial charge in [-0.3, -0.25) is 14.3 Å². The number of carbonyl (C=O) groups is 2. The van der Waals surface area contributed by atoms with E-state index in [1.807, 2.05) is 37.3 Å². The van der Waals surface area contributed by atoms with E-state index in [-0.39, 0.29) is 31.8 Å². The first-order valence-corrected chi connectivity index (χ1v) is 8.70. The summed E-state index contributed by atoms with van der Waals surface area (Å²) < 4.78 is 16.6. The smallest absolute Gasteiger partial charge is 0.274 e. The van der Waals surface area contributed by atoms with Crippen LogP contribution in [0.3, 0.4) is 0 Å². The number of halogens is 1. The number of hydrogen-bond acceptors (Lipinski definition) is 3. The van der Waals surface area contributed by atoms with Crippen LogP contribution in [0.5, 0.6) is 0 Å². The summed E-state index contributed by atoms with van der Waals surface area (Å²) in [5.41, 5.74) is 0.212. The zero-order chi connectivity index (χ0) is 18.7. The molecule has 26 heavy (non-hydrogen) atoms. The Kier molecular flexibility index (Phi) is 5.06. The minimum Gasteiger partial charge on any atom is -0.349 e. The fourth-order valence-electron chi connectivity index (χ4n) is 3.06. The standard InChI is InChI=1S/C19H23FN4O2/c1-14-12-16(22-23(14)2)17(25)24-10-8-19(20,9-11-24)18(26)21-13-15-6-4-3-5-7-15/h3-7,12H,8-11,13H2,1-2H3,(H,21,26). The lowest BCUT2D eigenvalue weighted by molar-refractivity contribution is -0.135. The van der Waals surface area contributed by atoms with Gasteiger partial charge in [0.05, 0.1) is 0 Å². The molecule has 2 aromatic rings. The highest BCUT2D eigenvalue weighted by molar-refractivity contribution is 5.93. The molecule has 2 amide bonds. The summed E-state index contributed by atoms with van der Waals surface area (Å²) in [6.45, 7) is 2.55. The van der Waals surface area contributed by atoms with Crippen LogP contribution in [0.1, 0.15) is 34.6 Å². The van der Waals surface area contributed by atoms with Crippen LogP contribution in [-0.2, 0) is 18.4 Å². The van der Waals surface area contributed by atoms with E-state index < -0.39 is 11.6 Å². The van der Waals surface area contributed by atoms with Gasteiger partial charge in [0.2, 0.25) is 0 Å². The second-order valence-electron chi connectivity index (χ2n) is 6.72. The van der Waals surface area contributed by atoms with Gasteiger partial charge in [-0.2, -0.15) is 5.10 Å². The molecule has 7 heteroatoms. The molecular formula is C19H23FN4O2. The Morgan fingerprint density at radius 3 is 2.46 bits per heavy atom. The number of nitrogens with zero attached hydrogens (tertiary/aromatic N) is 3. The van der Waals surface area contributed by atoms with Crippen LogP contribution < -0.4 is 5.32 Å². The number of benzene rings is 1. The van der Waals surface area contributed by atoms with Crippen molar-refractivity contribution >= 4 is 11.8 Å². The highest BCUT2D eigenvalue weighted by Gasteiger charge is 2.42. The van der Waals surface area contributed by atoms with E-state index in [9.17, 15) is 9.59 Å². The first kappa shape index (κ1) is 18.1. The van der Waals surface area contributed by atoms with Crippen molar-refractivity contribution in [2.75, 3.05) is 13.1 Å². The summed E-state index contributed by atoms with van der Waals surface area (Å²) in [5, 5.41) is 6.83. The summed E-state index contributed by atoms with van der Waals surface area (Å²) in [6, 6.07) is 11.1. The number of aromatic nitrogens is 2. The molecule has 0 atom stereocenters. The minimum atomic E-state index is -1.94. The van der Waals surface area contributed by atoms with Gasteiger partial charge in [0.25, 0.3) is 11.8 Å². The number of piperidine rings is 1. The number of likely N-dealkylation sites (tertiary alicyclic amines) is 1. The molecule has 1 N–H and O–H groups in total. The van der Waals surface area contributed by atoms with Gasteiger partial charge in [-0.25, -0.2) is 4.39 Å². The molecule has 2 heterocycles. The second-order valence-corrected chi connectivity index (χ2v) is 6.72. The molecule has 138 valence electrons. The molecule has 3 rings (SSSR count). The second kappa shape index (κ2) is 7.27. The number of carbonyl (C=O) groups excluding carboxylic acids is 2. The van der Waals surface area contributed by atoms with Crippen molar-refractivity contribution in [2.45, 2.75) is 32.0 Å². The fourth-order valence-corrected chi connectivity index (χ4v) is 3.06. The molecule has 1 saturated heterocycles. The highest BCUT2D eigenvalue weighted by Crippen LogP contribution is 2.27. The van der Waals surface area contributed by atoms with Crippen LogP contribution in [0.15, 0.2) is 36.4 Å². The Bertz CT molecular complexity index is 776. The summed E-state index contributed by atoms with van der Waals surface area (Å²) in [5.74, 6) is -0.831. The molecular weight excluding hydrogens is 335 g/mol. The topological polar surface area (TPSA) is 67.2 Å². The molecule has 1 aromatic heterocycles. The van der Waals surface area contributed by atoms with E-state index in [4.69, 9.17) is 0 Å². The third-order valence-electron chi connectivity index (χ3n) is 4.88. The van der Waals surface area contributed by atoms with Crippen LogP contribution in [0.25, 0.3) is 0 Å². The summed E-state index contributed by atoms with van der Waals surface area (Å²) in [4.78, 5) is 26.3. The minimum absolute atomic E-state index is 0.00875. The Balaban J connectivity index is 1.56. The van der Waals surface area contributed by atoms with Gasteiger partial charge in [-0.1, -0.05) is 30.3 Å². The van der Waals surface area contributed by atoms with Crippen molar-refractivity contribution in [2.24, 2.45) is 7.05 Å². The monoisotopic (exact) mass is 358 g/mol. The molecule has 1 fully saturated rings. The molecule has 0 radical (unpaired) electrons. The summed E-state index contributed by atoms with van der Waals surface area (Å²) >= 11 is 0. The largest absolute Gasteiger partial charge is 0.349 e. The average molecular weight is 358 g/mol. The number of rotatable bonds is 4. The van der Waals surface area contributed by atoms with Gasteiger partial charge in [0.15, 0.2) is 11.4 Å². The van der Waals surface area contributed by atoms with E-state index >= 15 is 4.39 Å². The maximum atomic E-state index is 15.0. The van der Waals surface area contributed by atoms with E-state index in [1.54, 1.807) is 22.7 Å². The SMILES string of the molecule is Cc1cc(C(=O)N2CCC(F)(C(=O)NCc3ccccc3)CC2)nn1C. The van der Waals surface area contributed by atoms with Crippen molar-refractivity contribution in [3.63, 3.8) is 0 Å². The predicted octanol–water partition coefficient (Wildman–Crippen LogP) is 1.99. The number of amides is 2. The number of nitrogens with one attached hydrogen (secondary N) is 1. The van der Waals surface area contributed by atoms with Crippen LogP contribution in [0.4, 0.5) is 4.39 Å². The van der Waals surface area contributed by atoms with Crippen LogP contribution in [-0.4, -0.2) is 45.3 Å². The first-order valence-electron chi connectivity index (χ1n) is 8.70. The third-order valence-corrected chi connectivity index (χ3v) is 4.88. The maximum Gasteiger partial charge on any atom is 0.274 e. The van der Waals surface area contributed by atoms with E-state index in [1.165, 1.54) is 0 Å². The lowest BCUT2D eigenvalue weighted by Crippen LogP contribution is -2.52. The zero-order valence-electron chi connectivity index (χ0n) is 15.0. The molecule has 6 nitrogen and oxygen atoms in total. The van der Waals surface area contributed by atoms with Crippen molar-refractivity contribution in [1.82, 2.24) is 20.0 Å². The Morgan fingerprint density at radius 1 is 1.23 bits per heavy atom. The van der Waals surface area contributed by atoms with Crippen LogP contribution >= 0.6 is 0 Å². The summed E-state index contributed by atoms with van der Waals surface area (Å²) in [7, 11) is 1.77. The number of hydrogen-bond donors (Lipinski definition) is 1. The molecule has 1 aliphatic heterocycles. The molecule has 0 unspecified atom stereocenters. The van der Waals surface area contributed by atoms with Crippen molar-refractivity contribution < 1.29 is 14.0 Å². The van der Waals surface area contributed by atoms with Crippen molar-refractivity contribution in [3.8, 4) is 0 Å². The first-order chi connectivity index (χ1) is 12.4. The van der Waals surface area contributed by atoms with Gasteiger partial charge in [0.1, 0.15) is 0 Å². The Morgan fingerprint density at radius 2 is 1.88 bits per heavy atom. The zero-order valence-corrected chi connectivity index (χ0v) is 15.0. The Hall–Kier alpha value is -2.70. The fraction of sp³-hybridized carbons (Fsp3) is 0.421. The van der Waals surface area contributed by atoms with E-state index in [2.05, 4.69) is 10.4 Å². The van der Waals surface area contributed by atoms with Gasteiger partial charge in [-0.05, 0) is 18.6 Å². The molecule has 0 bridgehead atoms. The lowest BCUT2D eigenvalue weighted by Gasteiger charge is -2.35. The van der Waals surface area contributed by atoms with Crippen molar-refractivity contribution in [1.29, 1.82) is 0 Å². The maximum absolute atomic E-state index is 15.0. The van der Waals surface area contributed by atoms with Gasteiger partial charge >= 0.3 is 0 Å². The van der Waals surface area contributed by atoms with Gasteiger partial charge in [-0.15, -0.1) is 0 Å². The van der Waals surface area contributed by atoms with Crippen LogP contribution in [0, 0.1) is 6.92 Å². The predicted molar refractivity (Wildman–Crippen MR) is 95.2 cm³/mol. The lowest BCUT2D eigenvalue weighted by atomic mass is 9.92. The average Bonchev–Trinajstić information content (AvgIpc) is 2.99. The van der Waals surface area contributed by atoms with Gasteiger partial charge < -0.3 is 10.2 Å². The Labute approximate surface area is 152 Å².